The Morgan fingerprint density at radius 1 is 1.25 bits per heavy atom. The second-order valence-electron chi connectivity index (χ2n) is 9.24. The van der Waals surface area contributed by atoms with Gasteiger partial charge in [-0.15, -0.1) is 11.3 Å². The van der Waals surface area contributed by atoms with Crippen LogP contribution in [0.2, 0.25) is 0 Å². The van der Waals surface area contributed by atoms with Crippen LogP contribution < -0.4 is 5.32 Å². The number of thiazole rings is 1. The molecule has 3 rings (SSSR count). The van der Waals surface area contributed by atoms with Gasteiger partial charge in [0.05, 0.1) is 11.4 Å². The normalized spacial score (nSPS) is 19.0. The molecule has 2 heterocycles. The van der Waals surface area contributed by atoms with Crippen LogP contribution in [0.5, 0.6) is 0 Å². The highest BCUT2D eigenvalue weighted by molar-refractivity contribution is 7.10. The number of allylic oxidation sites excluding steroid dienone is 3. The van der Waals surface area contributed by atoms with Crippen LogP contribution in [0.3, 0.4) is 0 Å². The summed E-state index contributed by atoms with van der Waals surface area (Å²) in [7, 11) is 0. The van der Waals surface area contributed by atoms with Crippen molar-refractivity contribution in [2.45, 2.75) is 66.7 Å². The molecule has 1 saturated carbocycles. The van der Waals surface area contributed by atoms with E-state index in [1.54, 1.807) is 29.8 Å². The lowest BCUT2D eigenvalue weighted by Gasteiger charge is -2.29. The van der Waals surface area contributed by atoms with Crippen molar-refractivity contribution in [3.63, 3.8) is 0 Å². The van der Waals surface area contributed by atoms with E-state index in [1.807, 2.05) is 11.7 Å². The van der Waals surface area contributed by atoms with Crippen LogP contribution in [0, 0.1) is 17.3 Å². The summed E-state index contributed by atoms with van der Waals surface area (Å²) >= 11 is 1.63. The molecule has 0 aliphatic heterocycles. The van der Waals surface area contributed by atoms with Gasteiger partial charge in [-0.2, -0.15) is 0 Å². The number of rotatable bonds is 6. The minimum absolute atomic E-state index is 0.00231. The van der Waals surface area contributed by atoms with Crippen molar-refractivity contribution in [1.29, 1.82) is 0 Å². The fourth-order valence-corrected chi connectivity index (χ4v) is 4.42. The number of hydrogen-bond donors (Lipinski definition) is 2. The van der Waals surface area contributed by atoms with E-state index in [9.17, 15) is 4.79 Å². The number of anilines is 1. The maximum Gasteiger partial charge on any atom is 0.307 e. The van der Waals surface area contributed by atoms with E-state index in [4.69, 9.17) is 5.11 Å². The molecular weight excluding hydrogens is 420 g/mol. The summed E-state index contributed by atoms with van der Waals surface area (Å²) in [6, 6.07) is 1.80. The van der Waals surface area contributed by atoms with Gasteiger partial charge in [0.1, 0.15) is 0 Å². The van der Waals surface area contributed by atoms with Gasteiger partial charge in [-0.25, -0.2) is 9.97 Å². The van der Waals surface area contributed by atoms with Gasteiger partial charge < -0.3 is 10.4 Å². The molecule has 1 aliphatic rings. The second-order valence-corrected chi connectivity index (χ2v) is 10.1. The molecular formula is C25H36N4O2S. The zero-order valence-electron chi connectivity index (χ0n) is 19.8. The van der Waals surface area contributed by atoms with Crippen LogP contribution in [0.25, 0.3) is 5.57 Å². The molecule has 0 bridgehead atoms. The van der Waals surface area contributed by atoms with Crippen LogP contribution in [0.4, 0.5) is 5.95 Å². The van der Waals surface area contributed by atoms with Crippen molar-refractivity contribution in [1.82, 2.24) is 15.0 Å². The molecule has 7 heteroatoms. The second kappa shape index (κ2) is 12.5. The van der Waals surface area contributed by atoms with Crippen molar-refractivity contribution in [2.75, 3.05) is 5.32 Å². The van der Waals surface area contributed by atoms with E-state index >= 15 is 0 Å². The molecule has 2 aromatic rings. The van der Waals surface area contributed by atoms with E-state index in [2.05, 4.69) is 67.0 Å². The number of aliphatic carboxylic acids is 1. The van der Waals surface area contributed by atoms with Gasteiger partial charge in [0.15, 0.2) is 0 Å². The molecule has 2 N–H and O–H groups in total. The minimum atomic E-state index is -0.609. The predicted molar refractivity (Wildman–Crippen MR) is 132 cm³/mol. The van der Waals surface area contributed by atoms with Crippen LogP contribution in [-0.4, -0.2) is 26.0 Å². The molecule has 0 radical (unpaired) electrons. The van der Waals surface area contributed by atoms with Gasteiger partial charge in [0.2, 0.25) is 5.95 Å². The third-order valence-corrected chi connectivity index (χ3v) is 6.49. The van der Waals surface area contributed by atoms with E-state index in [0.717, 1.165) is 29.8 Å². The fraction of sp³-hybridized carbons (Fsp3) is 0.520. The van der Waals surface area contributed by atoms with Gasteiger partial charge in [-0.1, -0.05) is 53.0 Å². The summed E-state index contributed by atoms with van der Waals surface area (Å²) in [4.78, 5) is 24.6. The van der Waals surface area contributed by atoms with Gasteiger partial charge in [0.25, 0.3) is 0 Å². The van der Waals surface area contributed by atoms with E-state index in [0.29, 0.717) is 11.9 Å². The standard InChI is InChI=1S/C15H18N4S.C10H18O2/c1-11(2)7-13(19-15-17-5-4-6-18-15)8-12(3)14-9-16-10-20-14;1-10(2)7-5-3-4-6-8(10)9(11)12/h4-11H,1-3H3,(H,17,18,19);8H,3-7H2,1-2H3,(H,11,12)/b12-8+,13-7+;/t;8-/m.1/s1. The number of hydrogen-bond acceptors (Lipinski definition) is 6. The Kier molecular flexibility index (Phi) is 10.0. The van der Waals surface area contributed by atoms with Crippen LogP contribution in [-0.2, 0) is 4.79 Å². The maximum absolute atomic E-state index is 10.9. The Bertz CT molecular complexity index is 890. The lowest BCUT2D eigenvalue weighted by atomic mass is 9.75. The quantitative estimate of drug-likeness (QED) is 0.373. The number of carboxylic acids is 1. The molecule has 6 nitrogen and oxygen atoms in total. The monoisotopic (exact) mass is 456 g/mol. The SMILES string of the molecule is C/C(=C\C(=C/C(C)C)Nc1ncccn1)c1cncs1.CC1(C)CCCCC[C@@H]1C(=O)O. The van der Waals surface area contributed by atoms with Gasteiger partial charge in [-0.05, 0) is 48.8 Å². The fourth-order valence-electron chi connectivity index (χ4n) is 3.82. The number of nitrogens with zero attached hydrogens (tertiary/aromatic N) is 3. The maximum atomic E-state index is 10.9. The molecule has 2 aromatic heterocycles. The number of carbonyl (C=O) groups is 1. The van der Waals surface area contributed by atoms with E-state index < -0.39 is 5.97 Å². The highest BCUT2D eigenvalue weighted by atomic mass is 32.1. The van der Waals surface area contributed by atoms with Gasteiger partial charge in [0, 0.05) is 29.2 Å². The Hall–Kier alpha value is -2.54. The largest absolute Gasteiger partial charge is 0.481 e. The summed E-state index contributed by atoms with van der Waals surface area (Å²) in [6.07, 6.45) is 15.0. The number of aromatic nitrogens is 3. The average Bonchev–Trinajstić information content (AvgIpc) is 3.19. The van der Waals surface area contributed by atoms with Crippen LogP contribution in [0.1, 0.15) is 71.6 Å². The smallest absolute Gasteiger partial charge is 0.307 e. The molecule has 0 amide bonds. The molecule has 32 heavy (non-hydrogen) atoms. The Labute approximate surface area is 195 Å². The number of nitrogens with one attached hydrogen (secondary N) is 1. The summed E-state index contributed by atoms with van der Waals surface area (Å²) in [6.45, 7) is 10.5. The molecule has 0 spiro atoms. The third kappa shape index (κ3) is 8.54. The molecule has 0 saturated heterocycles. The van der Waals surface area contributed by atoms with Gasteiger partial charge >= 0.3 is 5.97 Å². The summed E-state index contributed by atoms with van der Waals surface area (Å²) < 4.78 is 0. The third-order valence-electron chi connectivity index (χ3n) is 5.58. The van der Waals surface area contributed by atoms with E-state index in [1.165, 1.54) is 18.4 Å². The predicted octanol–water partition coefficient (Wildman–Crippen LogP) is 6.67. The lowest BCUT2D eigenvalue weighted by molar-refractivity contribution is -0.146. The first-order valence-corrected chi connectivity index (χ1v) is 12.1. The summed E-state index contributed by atoms with van der Waals surface area (Å²) in [5.41, 5.74) is 4.01. The van der Waals surface area contributed by atoms with Crippen LogP contribution in [0.15, 0.2) is 48.0 Å². The zero-order chi connectivity index (χ0) is 23.6. The van der Waals surface area contributed by atoms with Crippen molar-refractivity contribution in [3.8, 4) is 0 Å². The minimum Gasteiger partial charge on any atom is -0.481 e. The Balaban J connectivity index is 0.000000258. The Morgan fingerprint density at radius 3 is 2.56 bits per heavy atom. The molecule has 0 aromatic carbocycles. The molecule has 1 atom stereocenters. The first kappa shape index (κ1) is 25.7. The lowest BCUT2D eigenvalue weighted by Crippen LogP contribution is -2.29. The Morgan fingerprint density at radius 2 is 1.97 bits per heavy atom. The molecule has 1 fully saturated rings. The zero-order valence-corrected chi connectivity index (χ0v) is 20.7. The first-order valence-electron chi connectivity index (χ1n) is 11.2. The van der Waals surface area contributed by atoms with Crippen LogP contribution >= 0.6 is 11.3 Å². The molecule has 0 unspecified atom stereocenters. The van der Waals surface area contributed by atoms with Crippen molar-refractivity contribution in [3.05, 3.63) is 52.9 Å². The van der Waals surface area contributed by atoms with Crippen molar-refractivity contribution >= 4 is 28.8 Å². The van der Waals surface area contributed by atoms with Gasteiger partial charge in [-0.3, -0.25) is 9.78 Å². The molecule has 1 aliphatic carbocycles. The molecule has 174 valence electrons. The summed E-state index contributed by atoms with van der Waals surface area (Å²) in [5, 5.41) is 12.2. The highest BCUT2D eigenvalue weighted by Gasteiger charge is 2.35. The van der Waals surface area contributed by atoms with E-state index in [-0.39, 0.29) is 11.3 Å². The number of carboxylic acid groups (broad SMARTS) is 1. The van der Waals surface area contributed by atoms with Crippen molar-refractivity contribution in [2.24, 2.45) is 17.3 Å². The van der Waals surface area contributed by atoms with Crippen molar-refractivity contribution < 1.29 is 9.90 Å². The summed E-state index contributed by atoms with van der Waals surface area (Å²) in [5.74, 6) is 0.307. The first-order chi connectivity index (χ1) is 15.2. The topological polar surface area (TPSA) is 88.0 Å². The highest BCUT2D eigenvalue weighted by Crippen LogP contribution is 2.39. The average molecular weight is 457 g/mol.